The van der Waals surface area contributed by atoms with Crippen molar-refractivity contribution in [1.82, 2.24) is 0 Å². The maximum absolute atomic E-state index is 7.11. The molecule has 1 unspecified atom stereocenters. The van der Waals surface area contributed by atoms with E-state index < -0.39 is 5.41 Å². The topological polar surface area (TPSA) is 21.7 Å². The summed E-state index contributed by atoms with van der Waals surface area (Å²) in [5.74, 6) is 2.93. The summed E-state index contributed by atoms with van der Waals surface area (Å²) in [5, 5.41) is 2.62. The number of hydrogen-bond acceptors (Lipinski definition) is 4. The molecule has 1 atom stereocenters. The fraction of sp³-hybridized carbons (Fsp3) is 0.0448. The fourth-order valence-corrected chi connectivity index (χ4v) is 13.3. The number of hydrogen-bond donors (Lipinski definition) is 0. The Labute approximate surface area is 416 Å². The lowest BCUT2D eigenvalue weighted by molar-refractivity contribution is 0.360. The highest BCUT2D eigenvalue weighted by molar-refractivity contribution is 7.26. The minimum Gasteiger partial charge on any atom is -0.449 e. The molecule has 0 N–H and O–H groups in total. The molecule has 15 rings (SSSR count). The van der Waals surface area contributed by atoms with Gasteiger partial charge in [-0.15, -0.1) is 11.3 Å². The SMILES string of the molecule is C1=C2C(=CCC1)C1(c3ccccc32)c2ccccc2-c2c1ccc1c2Oc2cc(-c3ccc(N(c4ccc(-c5cccc6c5sc5ccccc56)cc4)c4cccc(-c5ccccc5)c4)cc3)ccc2O1. The van der Waals surface area contributed by atoms with Crippen LogP contribution in [0.4, 0.5) is 17.1 Å². The normalized spacial score (nSPS) is 15.7. The molecule has 0 saturated carbocycles. The largest absolute Gasteiger partial charge is 0.449 e. The fourth-order valence-electron chi connectivity index (χ4n) is 12.1. The third kappa shape index (κ3) is 6.02. The van der Waals surface area contributed by atoms with Gasteiger partial charge in [-0.3, -0.25) is 0 Å². The van der Waals surface area contributed by atoms with Crippen LogP contribution >= 0.6 is 11.3 Å². The van der Waals surface area contributed by atoms with E-state index in [-0.39, 0.29) is 0 Å². The van der Waals surface area contributed by atoms with E-state index in [1.165, 1.54) is 81.4 Å². The first-order valence-corrected chi connectivity index (χ1v) is 25.4. The number of rotatable bonds is 6. The molecule has 10 aromatic carbocycles. The molecule has 2 heterocycles. The Kier molecular flexibility index (Phi) is 8.87. The number of nitrogens with zero attached hydrogens (tertiary/aromatic N) is 1. The van der Waals surface area contributed by atoms with Gasteiger partial charge >= 0.3 is 0 Å². The number of fused-ring (bicyclic) bond motifs is 16. The first-order valence-electron chi connectivity index (χ1n) is 24.5. The summed E-state index contributed by atoms with van der Waals surface area (Å²) in [5.41, 5.74) is 20.0. The van der Waals surface area contributed by atoms with Gasteiger partial charge in [-0.2, -0.15) is 0 Å². The van der Waals surface area contributed by atoms with Crippen molar-refractivity contribution in [3.63, 3.8) is 0 Å². The van der Waals surface area contributed by atoms with E-state index in [1.807, 2.05) is 17.4 Å². The van der Waals surface area contributed by atoms with Crippen molar-refractivity contribution in [2.24, 2.45) is 0 Å². The van der Waals surface area contributed by atoms with Gasteiger partial charge in [0.2, 0.25) is 0 Å². The maximum Gasteiger partial charge on any atom is 0.178 e. The molecule has 1 aliphatic heterocycles. The van der Waals surface area contributed by atoms with Crippen LogP contribution in [-0.4, -0.2) is 0 Å². The zero-order valence-electron chi connectivity index (χ0n) is 38.6. The number of ether oxygens (including phenoxy) is 2. The molecule has 3 aliphatic carbocycles. The molecule has 4 heteroatoms. The quantitative estimate of drug-likeness (QED) is 0.166. The predicted octanol–water partition coefficient (Wildman–Crippen LogP) is 18.9. The van der Waals surface area contributed by atoms with Crippen molar-refractivity contribution in [1.29, 1.82) is 0 Å². The van der Waals surface area contributed by atoms with Gasteiger partial charge in [-0.25, -0.2) is 0 Å². The van der Waals surface area contributed by atoms with E-state index in [2.05, 4.69) is 235 Å². The Bertz CT molecular complexity index is 4050. The first-order chi connectivity index (χ1) is 35.2. The summed E-state index contributed by atoms with van der Waals surface area (Å²) in [7, 11) is 0. The summed E-state index contributed by atoms with van der Waals surface area (Å²) in [6.07, 6.45) is 7.02. The average molecular weight is 926 g/mol. The predicted molar refractivity (Wildman–Crippen MR) is 294 cm³/mol. The van der Waals surface area contributed by atoms with Crippen LogP contribution in [0.25, 0.3) is 70.3 Å². The van der Waals surface area contributed by atoms with Crippen LogP contribution < -0.4 is 14.4 Å². The average Bonchev–Trinajstić information content (AvgIpc) is 4.08. The van der Waals surface area contributed by atoms with E-state index in [9.17, 15) is 0 Å². The molecular formula is C67H43NO2S. The lowest BCUT2D eigenvalue weighted by Crippen LogP contribution is -2.26. The zero-order valence-corrected chi connectivity index (χ0v) is 39.4. The van der Waals surface area contributed by atoms with Crippen molar-refractivity contribution >= 4 is 54.1 Å². The van der Waals surface area contributed by atoms with Crippen LogP contribution in [0, 0.1) is 0 Å². The Balaban J connectivity index is 0.794. The molecule has 0 saturated heterocycles. The van der Waals surface area contributed by atoms with E-state index in [4.69, 9.17) is 9.47 Å². The highest BCUT2D eigenvalue weighted by Crippen LogP contribution is 2.67. The Morgan fingerprint density at radius 3 is 1.86 bits per heavy atom. The number of benzene rings is 10. The van der Waals surface area contributed by atoms with Crippen LogP contribution in [0.15, 0.2) is 242 Å². The van der Waals surface area contributed by atoms with Crippen LogP contribution in [-0.2, 0) is 5.41 Å². The summed E-state index contributed by atoms with van der Waals surface area (Å²) in [4.78, 5) is 2.36. The third-order valence-corrected chi connectivity index (χ3v) is 16.4. The summed E-state index contributed by atoms with van der Waals surface area (Å²) in [6, 6.07) is 81.4. The lowest BCUT2D eigenvalue weighted by atomic mass is 9.69. The number of allylic oxidation sites excluding steroid dienone is 4. The summed E-state index contributed by atoms with van der Waals surface area (Å²) < 4.78 is 16.5. The van der Waals surface area contributed by atoms with Crippen molar-refractivity contribution in [3.8, 4) is 67.5 Å². The molecular weight excluding hydrogens is 883 g/mol. The molecule has 334 valence electrons. The van der Waals surface area contributed by atoms with Crippen molar-refractivity contribution < 1.29 is 9.47 Å². The van der Waals surface area contributed by atoms with Gasteiger partial charge in [0, 0.05) is 42.8 Å². The second kappa shape index (κ2) is 15.7. The standard InChI is InChI=1S/C67H43NO2S/c1-2-14-42(15-3-1)45-16-12-17-49(40-45)68(48-35-30-44(31-36-48)50-22-13-23-54-53-20-7-11-27-63(53)71-66(50)54)47-33-28-43(29-34-47)46-32-38-60-62(41-46)70-65-61(69-60)39-37-59-64(65)55-21-6-10-26-58(55)67(59)56-24-8-4-18-51(56)52-19-5-9-25-57(52)67/h1-4,6-8,10-41H,5,9H2. The van der Waals surface area contributed by atoms with Gasteiger partial charge in [0.25, 0.3) is 0 Å². The molecule has 1 spiro atoms. The van der Waals surface area contributed by atoms with Crippen LogP contribution in [0.2, 0.25) is 0 Å². The van der Waals surface area contributed by atoms with E-state index in [1.54, 1.807) is 0 Å². The molecule has 0 fully saturated rings. The van der Waals surface area contributed by atoms with Crippen LogP contribution in [0.1, 0.15) is 35.1 Å². The summed E-state index contributed by atoms with van der Waals surface area (Å²) in [6.45, 7) is 0. The van der Waals surface area contributed by atoms with Gasteiger partial charge in [-0.1, -0.05) is 176 Å². The van der Waals surface area contributed by atoms with Crippen molar-refractivity contribution in [2.45, 2.75) is 18.3 Å². The van der Waals surface area contributed by atoms with Crippen LogP contribution in [0.5, 0.6) is 23.0 Å². The van der Waals surface area contributed by atoms with Crippen LogP contribution in [0.3, 0.4) is 0 Å². The Hall–Kier alpha value is -8.70. The Morgan fingerprint density at radius 2 is 1.01 bits per heavy atom. The number of anilines is 3. The van der Waals surface area contributed by atoms with E-state index in [0.29, 0.717) is 11.5 Å². The highest BCUT2D eigenvalue weighted by Gasteiger charge is 2.54. The smallest absolute Gasteiger partial charge is 0.178 e. The lowest BCUT2D eigenvalue weighted by Gasteiger charge is -2.32. The molecule has 4 aliphatic rings. The molecule has 3 nitrogen and oxygen atoms in total. The van der Waals surface area contributed by atoms with Gasteiger partial charge in [0.05, 0.1) is 5.41 Å². The molecule has 71 heavy (non-hydrogen) atoms. The number of thiophene rings is 1. The van der Waals surface area contributed by atoms with Gasteiger partial charge < -0.3 is 14.4 Å². The summed E-state index contributed by atoms with van der Waals surface area (Å²) >= 11 is 1.87. The van der Waals surface area contributed by atoms with Gasteiger partial charge in [0.15, 0.2) is 23.0 Å². The van der Waals surface area contributed by atoms with Crippen molar-refractivity contribution in [2.75, 3.05) is 4.90 Å². The Morgan fingerprint density at radius 1 is 0.394 bits per heavy atom. The van der Waals surface area contributed by atoms with Gasteiger partial charge in [-0.05, 0) is 146 Å². The van der Waals surface area contributed by atoms with E-state index in [0.717, 1.165) is 58.1 Å². The monoisotopic (exact) mass is 925 g/mol. The zero-order chi connectivity index (χ0) is 46.6. The second-order valence-electron chi connectivity index (χ2n) is 19.0. The second-order valence-corrected chi connectivity index (χ2v) is 20.0. The molecule has 1 aromatic heterocycles. The highest BCUT2D eigenvalue weighted by atomic mass is 32.1. The molecule has 0 amide bonds. The van der Waals surface area contributed by atoms with Crippen molar-refractivity contribution in [3.05, 3.63) is 264 Å². The molecule has 0 bridgehead atoms. The third-order valence-electron chi connectivity index (χ3n) is 15.2. The van der Waals surface area contributed by atoms with Gasteiger partial charge in [0.1, 0.15) is 0 Å². The minimum absolute atomic E-state index is 0.413. The first kappa shape index (κ1) is 40.2. The molecule has 11 aromatic rings. The maximum atomic E-state index is 7.11. The minimum atomic E-state index is -0.413. The molecule has 0 radical (unpaired) electrons. The van der Waals surface area contributed by atoms with E-state index >= 15 is 0 Å².